The third-order valence-electron chi connectivity index (χ3n) is 5.30. The zero-order valence-corrected chi connectivity index (χ0v) is 18.0. The Hall–Kier alpha value is -3.04. The van der Waals surface area contributed by atoms with E-state index < -0.39 is 9.84 Å². The average Bonchev–Trinajstić information content (AvgIpc) is 3.08. The number of aromatic nitrogens is 2. The van der Waals surface area contributed by atoms with Gasteiger partial charge in [0.15, 0.2) is 9.84 Å². The highest BCUT2D eigenvalue weighted by Crippen LogP contribution is 2.24. The van der Waals surface area contributed by atoms with Crippen LogP contribution in [0.3, 0.4) is 0 Å². The normalized spacial score (nSPS) is 17.8. The SMILES string of the molecule is CN(CC(=O)NC1CCS(=O)(=O)C1)Cn1nc(-c2ccccc2)c2ccccc2c1=O. The Bertz CT molecular complexity index is 1270. The van der Waals surface area contributed by atoms with Crippen LogP contribution in [0.5, 0.6) is 0 Å². The molecule has 0 aliphatic carbocycles. The molecular formula is C22H24N4O4S. The van der Waals surface area contributed by atoms with Crippen molar-refractivity contribution in [1.29, 1.82) is 0 Å². The molecule has 2 aromatic carbocycles. The summed E-state index contributed by atoms with van der Waals surface area (Å²) in [6.07, 6.45) is 0.434. The van der Waals surface area contributed by atoms with Gasteiger partial charge < -0.3 is 5.32 Å². The molecule has 1 aromatic heterocycles. The van der Waals surface area contributed by atoms with Crippen LogP contribution in [0.4, 0.5) is 0 Å². The number of amides is 1. The predicted octanol–water partition coefficient (Wildman–Crippen LogP) is 1.26. The van der Waals surface area contributed by atoms with Crippen molar-refractivity contribution in [3.8, 4) is 11.3 Å². The van der Waals surface area contributed by atoms with E-state index in [0.717, 1.165) is 10.9 Å². The third kappa shape index (κ3) is 4.83. The first-order chi connectivity index (χ1) is 14.8. The molecule has 0 radical (unpaired) electrons. The number of fused-ring (bicyclic) bond motifs is 1. The Kier molecular flexibility index (Phi) is 5.88. The first kappa shape index (κ1) is 21.2. The number of sulfone groups is 1. The fourth-order valence-corrected chi connectivity index (χ4v) is 5.52. The molecule has 1 atom stereocenters. The summed E-state index contributed by atoms with van der Waals surface area (Å²) in [6, 6.07) is 16.6. The maximum absolute atomic E-state index is 13.0. The van der Waals surface area contributed by atoms with Crippen molar-refractivity contribution < 1.29 is 13.2 Å². The first-order valence-electron chi connectivity index (χ1n) is 10.1. The van der Waals surface area contributed by atoms with E-state index in [-0.39, 0.29) is 42.2 Å². The van der Waals surface area contributed by atoms with Crippen LogP contribution in [-0.4, -0.2) is 60.1 Å². The number of carbonyl (C=O) groups excluding carboxylic acids is 1. The summed E-state index contributed by atoms with van der Waals surface area (Å²) in [5.41, 5.74) is 1.37. The van der Waals surface area contributed by atoms with Gasteiger partial charge in [-0.3, -0.25) is 14.5 Å². The molecule has 1 aliphatic rings. The van der Waals surface area contributed by atoms with Gasteiger partial charge >= 0.3 is 0 Å². The van der Waals surface area contributed by atoms with Crippen molar-refractivity contribution in [1.82, 2.24) is 20.0 Å². The van der Waals surface area contributed by atoms with E-state index in [2.05, 4.69) is 10.4 Å². The van der Waals surface area contributed by atoms with Crippen LogP contribution in [0.2, 0.25) is 0 Å². The second-order valence-corrected chi connectivity index (χ2v) is 10.1. The van der Waals surface area contributed by atoms with Gasteiger partial charge in [-0.1, -0.05) is 48.5 Å². The number of rotatable bonds is 6. The molecular weight excluding hydrogens is 416 g/mol. The summed E-state index contributed by atoms with van der Waals surface area (Å²) in [7, 11) is -1.34. The summed E-state index contributed by atoms with van der Waals surface area (Å²) < 4.78 is 24.5. The topological polar surface area (TPSA) is 101 Å². The molecule has 1 aliphatic heterocycles. The van der Waals surface area contributed by atoms with Gasteiger partial charge in [-0.05, 0) is 19.5 Å². The summed E-state index contributed by atoms with van der Waals surface area (Å²) in [5, 5.41) is 8.69. The standard InChI is InChI=1S/C22H24N4O4S/c1-25(13-20(27)23-17-11-12-31(29,30)14-17)15-26-22(28)19-10-6-5-9-18(19)21(24-26)16-7-3-2-4-8-16/h2-10,17H,11-15H2,1H3,(H,23,27). The number of hydrogen-bond acceptors (Lipinski definition) is 6. The van der Waals surface area contributed by atoms with E-state index in [1.54, 1.807) is 18.0 Å². The maximum atomic E-state index is 13.0. The van der Waals surface area contributed by atoms with Crippen molar-refractivity contribution in [2.24, 2.45) is 0 Å². The van der Waals surface area contributed by atoms with Crippen molar-refractivity contribution in [2.45, 2.75) is 19.1 Å². The second-order valence-electron chi connectivity index (χ2n) is 7.89. The lowest BCUT2D eigenvalue weighted by atomic mass is 10.1. The molecule has 3 aromatic rings. The molecule has 162 valence electrons. The van der Waals surface area contributed by atoms with Crippen molar-refractivity contribution in [3.05, 3.63) is 65.0 Å². The Morgan fingerprint density at radius 3 is 2.48 bits per heavy atom. The largest absolute Gasteiger partial charge is 0.351 e. The lowest BCUT2D eigenvalue weighted by Gasteiger charge is -2.19. The molecule has 8 nitrogen and oxygen atoms in total. The minimum absolute atomic E-state index is 0.0193. The van der Waals surface area contributed by atoms with Gasteiger partial charge in [0.2, 0.25) is 5.91 Å². The molecule has 9 heteroatoms. The lowest BCUT2D eigenvalue weighted by Crippen LogP contribution is -2.43. The summed E-state index contributed by atoms with van der Waals surface area (Å²) in [5.74, 6) is -0.192. The average molecular weight is 441 g/mol. The van der Waals surface area contributed by atoms with E-state index in [1.165, 1.54) is 4.68 Å². The Labute approximate surface area is 180 Å². The van der Waals surface area contributed by atoms with Gasteiger partial charge in [-0.2, -0.15) is 5.10 Å². The highest BCUT2D eigenvalue weighted by Gasteiger charge is 2.29. The van der Waals surface area contributed by atoms with Crippen molar-refractivity contribution in [3.63, 3.8) is 0 Å². The minimum atomic E-state index is -3.06. The van der Waals surface area contributed by atoms with Gasteiger partial charge in [0, 0.05) is 17.0 Å². The molecule has 0 saturated carbocycles. The quantitative estimate of drug-likeness (QED) is 0.619. The Morgan fingerprint density at radius 2 is 1.81 bits per heavy atom. The van der Waals surface area contributed by atoms with Gasteiger partial charge in [-0.25, -0.2) is 13.1 Å². The van der Waals surface area contributed by atoms with E-state index >= 15 is 0 Å². The smallest absolute Gasteiger partial charge is 0.275 e. The van der Waals surface area contributed by atoms with Gasteiger partial charge in [0.05, 0.1) is 35.8 Å². The molecule has 1 N–H and O–H groups in total. The van der Waals surface area contributed by atoms with Crippen LogP contribution in [0.25, 0.3) is 22.0 Å². The lowest BCUT2D eigenvalue weighted by molar-refractivity contribution is -0.122. The first-order valence-corrected chi connectivity index (χ1v) is 11.9. The fourth-order valence-electron chi connectivity index (χ4n) is 3.85. The predicted molar refractivity (Wildman–Crippen MR) is 119 cm³/mol. The second kappa shape index (κ2) is 8.60. The molecule has 1 fully saturated rings. The molecule has 31 heavy (non-hydrogen) atoms. The Balaban J connectivity index is 1.55. The van der Waals surface area contributed by atoms with Crippen LogP contribution in [0.1, 0.15) is 6.42 Å². The summed E-state index contributed by atoms with van der Waals surface area (Å²) in [4.78, 5) is 27.0. The van der Waals surface area contributed by atoms with E-state index in [9.17, 15) is 18.0 Å². The number of likely N-dealkylation sites (N-methyl/N-ethyl adjacent to an activating group) is 1. The maximum Gasteiger partial charge on any atom is 0.275 e. The number of carbonyl (C=O) groups is 1. The number of hydrogen-bond donors (Lipinski definition) is 1. The molecule has 0 spiro atoms. The van der Waals surface area contributed by atoms with Crippen LogP contribution >= 0.6 is 0 Å². The van der Waals surface area contributed by atoms with E-state index in [4.69, 9.17) is 0 Å². The van der Waals surface area contributed by atoms with Crippen LogP contribution < -0.4 is 10.9 Å². The summed E-state index contributed by atoms with van der Waals surface area (Å²) >= 11 is 0. The van der Waals surface area contributed by atoms with Gasteiger partial charge in [-0.15, -0.1) is 0 Å². The van der Waals surface area contributed by atoms with E-state index in [1.807, 2.05) is 48.5 Å². The minimum Gasteiger partial charge on any atom is -0.351 e. The van der Waals surface area contributed by atoms with Crippen LogP contribution in [-0.2, 0) is 21.3 Å². The van der Waals surface area contributed by atoms with Crippen LogP contribution in [0.15, 0.2) is 59.4 Å². The molecule has 1 unspecified atom stereocenters. The molecule has 1 amide bonds. The monoisotopic (exact) mass is 440 g/mol. The number of nitrogens with one attached hydrogen (secondary N) is 1. The zero-order valence-electron chi connectivity index (χ0n) is 17.2. The number of nitrogens with zero attached hydrogens (tertiary/aromatic N) is 3. The highest BCUT2D eigenvalue weighted by molar-refractivity contribution is 7.91. The summed E-state index contributed by atoms with van der Waals surface area (Å²) in [6.45, 7) is 0.151. The van der Waals surface area contributed by atoms with E-state index in [0.29, 0.717) is 17.5 Å². The molecule has 0 bridgehead atoms. The highest BCUT2D eigenvalue weighted by atomic mass is 32.2. The number of benzene rings is 2. The third-order valence-corrected chi connectivity index (χ3v) is 7.07. The molecule has 2 heterocycles. The van der Waals surface area contributed by atoms with Gasteiger partial charge in [0.25, 0.3) is 5.56 Å². The van der Waals surface area contributed by atoms with Crippen LogP contribution in [0, 0.1) is 0 Å². The van der Waals surface area contributed by atoms with Crippen molar-refractivity contribution in [2.75, 3.05) is 25.1 Å². The van der Waals surface area contributed by atoms with Gasteiger partial charge in [0.1, 0.15) is 0 Å². The zero-order chi connectivity index (χ0) is 22.0. The fraction of sp³-hybridized carbons (Fsp3) is 0.318. The molecule has 1 saturated heterocycles. The Morgan fingerprint density at radius 1 is 1.13 bits per heavy atom. The molecule has 4 rings (SSSR count). The van der Waals surface area contributed by atoms with Crippen molar-refractivity contribution >= 4 is 26.5 Å².